The summed E-state index contributed by atoms with van der Waals surface area (Å²) in [5.41, 5.74) is 2.56. The molecule has 4 N–H and O–H groups in total. The lowest BCUT2D eigenvalue weighted by molar-refractivity contribution is 0.352. The molecule has 0 amide bonds. The van der Waals surface area contributed by atoms with Gasteiger partial charge in [-0.1, -0.05) is 11.8 Å². The van der Waals surface area contributed by atoms with Crippen LogP contribution >= 0.6 is 11.8 Å². The predicted molar refractivity (Wildman–Crippen MR) is 75.8 cm³/mol. The number of aromatic nitrogens is 2. The predicted octanol–water partition coefficient (Wildman–Crippen LogP) is 0.992. The van der Waals surface area contributed by atoms with Gasteiger partial charge in [0.2, 0.25) is 0 Å². The number of rotatable bonds is 6. The Hall–Kier alpha value is -1.05. The van der Waals surface area contributed by atoms with E-state index in [9.17, 15) is 0 Å². The minimum atomic E-state index is 0.637. The maximum Gasteiger partial charge on any atom is 0.191 e. The summed E-state index contributed by atoms with van der Waals surface area (Å²) in [6, 6.07) is 1.82. The molecule has 1 aromatic heterocycles. The van der Waals surface area contributed by atoms with Crippen LogP contribution in [-0.4, -0.2) is 47.3 Å². The molecule has 1 aliphatic heterocycles. The van der Waals surface area contributed by atoms with Crippen molar-refractivity contribution in [3.05, 3.63) is 6.07 Å². The quantitative estimate of drug-likeness (QED) is 0.307. The summed E-state index contributed by atoms with van der Waals surface area (Å²) in [4.78, 5) is 11.1. The first-order chi connectivity index (χ1) is 8.81. The number of hydrogen-bond acceptors (Lipinski definition) is 7. The van der Waals surface area contributed by atoms with Gasteiger partial charge >= 0.3 is 0 Å². The minimum absolute atomic E-state index is 0.637. The Bertz CT molecular complexity index is 358. The van der Waals surface area contributed by atoms with E-state index in [1.54, 1.807) is 0 Å². The molecule has 1 fully saturated rings. The van der Waals surface area contributed by atoms with Crippen LogP contribution < -0.4 is 16.6 Å². The van der Waals surface area contributed by atoms with Gasteiger partial charge in [-0.25, -0.2) is 15.8 Å². The van der Waals surface area contributed by atoms with E-state index in [4.69, 9.17) is 5.84 Å². The molecule has 0 atom stereocenters. The van der Waals surface area contributed by atoms with E-state index in [1.807, 2.05) is 12.3 Å². The van der Waals surface area contributed by atoms with E-state index < -0.39 is 0 Å². The Kier molecular flexibility index (Phi) is 5.03. The number of thioether (sulfide) groups is 1. The summed E-state index contributed by atoms with van der Waals surface area (Å²) >= 11 is 1.50. The number of likely N-dealkylation sites (tertiary alicyclic amines) is 1. The van der Waals surface area contributed by atoms with Crippen LogP contribution in [0.15, 0.2) is 11.2 Å². The number of hydrazine groups is 1. The normalized spacial score (nSPS) is 15.9. The molecule has 0 saturated carbocycles. The van der Waals surface area contributed by atoms with Crippen molar-refractivity contribution >= 4 is 23.4 Å². The molecule has 6 nitrogen and oxygen atoms in total. The van der Waals surface area contributed by atoms with Crippen LogP contribution in [0.3, 0.4) is 0 Å². The number of anilines is 2. The van der Waals surface area contributed by atoms with Crippen LogP contribution in [0.1, 0.15) is 12.8 Å². The lowest BCUT2D eigenvalue weighted by Crippen LogP contribution is -2.26. The number of nitrogens with two attached hydrogens (primary N) is 1. The van der Waals surface area contributed by atoms with E-state index in [2.05, 4.69) is 25.6 Å². The Morgan fingerprint density at radius 2 is 2.06 bits per heavy atom. The van der Waals surface area contributed by atoms with Crippen molar-refractivity contribution in [1.82, 2.24) is 14.9 Å². The Labute approximate surface area is 112 Å². The standard InChI is InChI=1S/C11H20N6S/c1-18-11-14-9(8-10(15-11)16-12)13-4-7-17-5-2-3-6-17/h8H,2-7,12H2,1H3,(H2,13,14,15,16). The summed E-state index contributed by atoms with van der Waals surface area (Å²) in [5, 5.41) is 4.04. The molecule has 0 unspecified atom stereocenters. The summed E-state index contributed by atoms with van der Waals surface area (Å²) < 4.78 is 0. The average Bonchev–Trinajstić information content (AvgIpc) is 2.91. The largest absolute Gasteiger partial charge is 0.369 e. The topological polar surface area (TPSA) is 79.1 Å². The maximum atomic E-state index is 5.38. The van der Waals surface area contributed by atoms with Gasteiger partial charge in [0.05, 0.1) is 0 Å². The van der Waals surface area contributed by atoms with Crippen molar-refractivity contribution in [3.8, 4) is 0 Å². The summed E-state index contributed by atoms with van der Waals surface area (Å²) in [6.45, 7) is 4.40. The molecule has 0 spiro atoms. The van der Waals surface area contributed by atoms with E-state index in [1.165, 1.54) is 37.7 Å². The third kappa shape index (κ3) is 3.72. The highest BCUT2D eigenvalue weighted by Gasteiger charge is 2.10. The van der Waals surface area contributed by atoms with Crippen LogP contribution in [0, 0.1) is 0 Å². The van der Waals surface area contributed by atoms with Crippen molar-refractivity contribution < 1.29 is 0 Å². The second-order valence-corrected chi connectivity index (χ2v) is 5.02. The Morgan fingerprint density at radius 1 is 1.33 bits per heavy atom. The van der Waals surface area contributed by atoms with Gasteiger partial charge in [-0.05, 0) is 32.2 Å². The number of nitrogen functional groups attached to an aromatic ring is 1. The van der Waals surface area contributed by atoms with Crippen LogP contribution in [0.25, 0.3) is 0 Å². The monoisotopic (exact) mass is 268 g/mol. The fourth-order valence-corrected chi connectivity index (χ4v) is 2.41. The zero-order valence-corrected chi connectivity index (χ0v) is 11.5. The smallest absolute Gasteiger partial charge is 0.191 e. The Morgan fingerprint density at radius 3 is 2.72 bits per heavy atom. The lowest BCUT2D eigenvalue weighted by atomic mass is 10.4. The molecule has 18 heavy (non-hydrogen) atoms. The van der Waals surface area contributed by atoms with Gasteiger partial charge in [0.15, 0.2) is 5.16 Å². The molecule has 7 heteroatoms. The lowest BCUT2D eigenvalue weighted by Gasteiger charge is -2.15. The molecule has 0 bridgehead atoms. The fourth-order valence-electron chi connectivity index (χ4n) is 2.03. The van der Waals surface area contributed by atoms with Crippen LogP contribution in [0.5, 0.6) is 0 Å². The molecule has 1 aliphatic rings. The van der Waals surface area contributed by atoms with Crippen molar-refractivity contribution in [2.24, 2.45) is 5.84 Å². The number of nitrogens with zero attached hydrogens (tertiary/aromatic N) is 3. The van der Waals surface area contributed by atoms with E-state index in [0.29, 0.717) is 11.0 Å². The van der Waals surface area contributed by atoms with E-state index in [-0.39, 0.29) is 0 Å². The number of hydrogen-bond donors (Lipinski definition) is 3. The molecule has 0 aromatic carbocycles. The van der Waals surface area contributed by atoms with Gasteiger partial charge in [-0.3, -0.25) is 0 Å². The van der Waals surface area contributed by atoms with Gasteiger partial charge in [0.1, 0.15) is 11.6 Å². The second-order valence-electron chi connectivity index (χ2n) is 4.24. The molecule has 0 aliphatic carbocycles. The molecule has 2 heterocycles. The molecule has 0 radical (unpaired) electrons. The molecule has 1 saturated heterocycles. The number of nitrogens with one attached hydrogen (secondary N) is 2. The molecule has 1 aromatic rings. The first-order valence-electron chi connectivity index (χ1n) is 6.18. The van der Waals surface area contributed by atoms with Crippen LogP contribution in [-0.2, 0) is 0 Å². The van der Waals surface area contributed by atoms with Gasteiger partial charge in [0, 0.05) is 19.2 Å². The van der Waals surface area contributed by atoms with Crippen molar-refractivity contribution in [1.29, 1.82) is 0 Å². The van der Waals surface area contributed by atoms with Gasteiger partial charge in [0.25, 0.3) is 0 Å². The first kappa shape index (κ1) is 13.4. The fraction of sp³-hybridized carbons (Fsp3) is 0.636. The maximum absolute atomic E-state index is 5.38. The van der Waals surface area contributed by atoms with Gasteiger partial charge < -0.3 is 15.6 Å². The summed E-state index contributed by atoms with van der Waals surface area (Å²) in [5.74, 6) is 6.84. The van der Waals surface area contributed by atoms with Crippen molar-refractivity contribution in [2.45, 2.75) is 18.0 Å². The third-order valence-corrected chi connectivity index (χ3v) is 3.52. The summed E-state index contributed by atoms with van der Waals surface area (Å²) in [6.07, 6.45) is 4.60. The zero-order valence-electron chi connectivity index (χ0n) is 10.6. The van der Waals surface area contributed by atoms with Crippen molar-refractivity contribution in [2.75, 3.05) is 43.2 Å². The highest BCUT2D eigenvalue weighted by atomic mass is 32.2. The van der Waals surface area contributed by atoms with Gasteiger partial charge in [-0.15, -0.1) is 0 Å². The molecule has 2 rings (SSSR count). The Balaban J connectivity index is 1.87. The first-order valence-corrected chi connectivity index (χ1v) is 7.40. The highest BCUT2D eigenvalue weighted by molar-refractivity contribution is 7.98. The van der Waals surface area contributed by atoms with E-state index in [0.717, 1.165) is 18.9 Å². The van der Waals surface area contributed by atoms with Crippen molar-refractivity contribution in [3.63, 3.8) is 0 Å². The minimum Gasteiger partial charge on any atom is -0.369 e. The molecular formula is C11H20N6S. The third-order valence-electron chi connectivity index (χ3n) is 2.97. The van der Waals surface area contributed by atoms with Gasteiger partial charge in [-0.2, -0.15) is 0 Å². The van der Waals surface area contributed by atoms with Crippen LogP contribution in [0.4, 0.5) is 11.6 Å². The molecular weight excluding hydrogens is 248 g/mol. The highest BCUT2D eigenvalue weighted by Crippen LogP contribution is 2.16. The van der Waals surface area contributed by atoms with E-state index >= 15 is 0 Å². The zero-order chi connectivity index (χ0) is 12.8. The average molecular weight is 268 g/mol. The SMILES string of the molecule is CSc1nc(NN)cc(NCCN2CCCC2)n1. The second kappa shape index (κ2) is 6.77. The van der Waals surface area contributed by atoms with Crippen LogP contribution in [0.2, 0.25) is 0 Å². The molecule has 100 valence electrons. The summed E-state index contributed by atoms with van der Waals surface area (Å²) in [7, 11) is 0.